The molecule has 3 rings (SSSR count). The van der Waals surface area contributed by atoms with Crippen LogP contribution in [0.15, 0.2) is 48.7 Å². The fourth-order valence-corrected chi connectivity index (χ4v) is 2.29. The van der Waals surface area contributed by atoms with Crippen molar-refractivity contribution in [1.29, 1.82) is 5.26 Å². The molecule has 0 saturated carbocycles. The van der Waals surface area contributed by atoms with Crippen molar-refractivity contribution in [2.45, 2.75) is 0 Å². The van der Waals surface area contributed by atoms with E-state index in [9.17, 15) is 9.65 Å². The van der Waals surface area contributed by atoms with Crippen LogP contribution in [0.1, 0.15) is 5.56 Å². The van der Waals surface area contributed by atoms with Crippen molar-refractivity contribution in [3.05, 3.63) is 65.1 Å². The van der Waals surface area contributed by atoms with Crippen LogP contribution in [0.4, 0.5) is 15.8 Å². The summed E-state index contributed by atoms with van der Waals surface area (Å²) in [6, 6.07) is 13.4. The van der Waals surface area contributed by atoms with Crippen LogP contribution in [-0.4, -0.2) is 4.98 Å². The summed E-state index contributed by atoms with van der Waals surface area (Å²) >= 11 is 5.95. The predicted octanol–water partition coefficient (Wildman–Crippen LogP) is 5.06. The van der Waals surface area contributed by atoms with Crippen molar-refractivity contribution in [2.75, 3.05) is 5.32 Å². The van der Waals surface area contributed by atoms with Gasteiger partial charge in [0.25, 0.3) is 0 Å². The first-order chi connectivity index (χ1) is 10.2. The Bertz CT molecular complexity index is 875. The highest BCUT2D eigenvalue weighted by molar-refractivity contribution is 6.30. The standard InChI is InChI=1S/C16H9ClFN3.ClH/c17-11-2-1-3-13(6-11)21-16-10(8-19)9-20-15-5-4-12(18)7-14(15)16;/h1-7,9H,(H,20,21);1H. The second-order valence-corrected chi connectivity index (χ2v) is 4.89. The first-order valence-corrected chi connectivity index (χ1v) is 6.56. The van der Waals surface area contributed by atoms with Crippen LogP contribution in [0.25, 0.3) is 10.9 Å². The lowest BCUT2D eigenvalue weighted by molar-refractivity contribution is 0.629. The Kier molecular flexibility index (Phi) is 4.81. The van der Waals surface area contributed by atoms with Gasteiger partial charge >= 0.3 is 0 Å². The fourth-order valence-electron chi connectivity index (χ4n) is 2.09. The minimum Gasteiger partial charge on any atom is -0.354 e. The summed E-state index contributed by atoms with van der Waals surface area (Å²) in [6.45, 7) is 0. The maximum atomic E-state index is 13.5. The number of pyridine rings is 1. The van der Waals surface area contributed by atoms with E-state index >= 15 is 0 Å². The van der Waals surface area contributed by atoms with E-state index in [1.165, 1.54) is 18.3 Å². The highest BCUT2D eigenvalue weighted by Crippen LogP contribution is 2.30. The Morgan fingerprint density at radius 2 is 2.00 bits per heavy atom. The summed E-state index contributed by atoms with van der Waals surface area (Å²) in [4.78, 5) is 4.16. The second kappa shape index (κ2) is 6.61. The van der Waals surface area contributed by atoms with Gasteiger partial charge < -0.3 is 5.32 Å². The number of nitrogens with one attached hydrogen (secondary N) is 1. The van der Waals surface area contributed by atoms with Gasteiger partial charge in [0.05, 0.1) is 16.8 Å². The molecular weight excluding hydrogens is 324 g/mol. The van der Waals surface area contributed by atoms with Crippen LogP contribution in [0.5, 0.6) is 0 Å². The third-order valence-electron chi connectivity index (χ3n) is 3.04. The van der Waals surface area contributed by atoms with Gasteiger partial charge in [-0.05, 0) is 36.4 Å². The summed E-state index contributed by atoms with van der Waals surface area (Å²) in [6.07, 6.45) is 1.47. The zero-order valence-electron chi connectivity index (χ0n) is 11.2. The van der Waals surface area contributed by atoms with E-state index in [1.807, 2.05) is 6.07 Å². The molecule has 0 radical (unpaired) electrons. The first kappa shape index (κ1) is 16.0. The lowest BCUT2D eigenvalue weighted by Gasteiger charge is -2.11. The molecule has 6 heteroatoms. The van der Waals surface area contributed by atoms with Gasteiger partial charge in [0.15, 0.2) is 0 Å². The molecule has 0 unspecified atom stereocenters. The SMILES string of the molecule is Cl.N#Cc1cnc2ccc(F)cc2c1Nc1cccc(Cl)c1. The maximum absolute atomic E-state index is 13.5. The summed E-state index contributed by atoms with van der Waals surface area (Å²) in [5.41, 5.74) is 2.19. The Labute approximate surface area is 137 Å². The van der Waals surface area contributed by atoms with E-state index in [0.29, 0.717) is 27.2 Å². The molecule has 1 N–H and O–H groups in total. The monoisotopic (exact) mass is 333 g/mol. The van der Waals surface area contributed by atoms with Crippen molar-refractivity contribution in [2.24, 2.45) is 0 Å². The smallest absolute Gasteiger partial charge is 0.124 e. The topological polar surface area (TPSA) is 48.7 Å². The molecule has 0 amide bonds. The number of hydrogen-bond donors (Lipinski definition) is 1. The van der Waals surface area contributed by atoms with Crippen LogP contribution >= 0.6 is 24.0 Å². The zero-order chi connectivity index (χ0) is 14.8. The number of benzene rings is 2. The van der Waals surface area contributed by atoms with Crippen molar-refractivity contribution < 1.29 is 4.39 Å². The molecule has 0 saturated heterocycles. The number of hydrogen-bond acceptors (Lipinski definition) is 3. The molecule has 22 heavy (non-hydrogen) atoms. The molecule has 1 aromatic heterocycles. The number of anilines is 2. The largest absolute Gasteiger partial charge is 0.354 e. The molecule has 0 bridgehead atoms. The second-order valence-electron chi connectivity index (χ2n) is 4.46. The molecular formula is C16H10Cl2FN3. The van der Waals surface area contributed by atoms with Crippen molar-refractivity contribution in [3.8, 4) is 6.07 Å². The van der Waals surface area contributed by atoms with Crippen LogP contribution in [0, 0.1) is 17.1 Å². The molecule has 1 heterocycles. The summed E-state index contributed by atoms with van der Waals surface area (Å²) < 4.78 is 13.5. The first-order valence-electron chi connectivity index (χ1n) is 6.18. The summed E-state index contributed by atoms with van der Waals surface area (Å²) in [7, 11) is 0. The molecule has 110 valence electrons. The maximum Gasteiger partial charge on any atom is 0.124 e. The highest BCUT2D eigenvalue weighted by atomic mass is 35.5. The van der Waals surface area contributed by atoms with Crippen LogP contribution < -0.4 is 5.32 Å². The number of halogens is 3. The molecule has 0 spiro atoms. The number of nitrogens with zero attached hydrogens (tertiary/aromatic N) is 2. The molecule has 0 atom stereocenters. The summed E-state index contributed by atoms with van der Waals surface area (Å²) in [5, 5.41) is 13.5. The molecule has 3 aromatic rings. The lowest BCUT2D eigenvalue weighted by atomic mass is 10.1. The quantitative estimate of drug-likeness (QED) is 0.712. The lowest BCUT2D eigenvalue weighted by Crippen LogP contribution is -1.97. The van der Waals surface area contributed by atoms with Gasteiger partial charge in [0, 0.05) is 22.3 Å². The average molecular weight is 334 g/mol. The van der Waals surface area contributed by atoms with Gasteiger partial charge in [-0.3, -0.25) is 4.98 Å². The van der Waals surface area contributed by atoms with E-state index < -0.39 is 0 Å². The van der Waals surface area contributed by atoms with Gasteiger partial charge in [-0.25, -0.2) is 4.39 Å². The Hall–Kier alpha value is -2.35. The molecule has 0 fully saturated rings. The number of fused-ring (bicyclic) bond motifs is 1. The normalized spacial score (nSPS) is 9.86. The van der Waals surface area contributed by atoms with Crippen molar-refractivity contribution in [3.63, 3.8) is 0 Å². The van der Waals surface area contributed by atoms with Gasteiger partial charge in [0.2, 0.25) is 0 Å². The predicted molar refractivity (Wildman–Crippen MR) is 88.4 cm³/mol. The summed E-state index contributed by atoms with van der Waals surface area (Å²) in [5.74, 6) is -0.381. The van der Waals surface area contributed by atoms with Crippen molar-refractivity contribution in [1.82, 2.24) is 4.98 Å². The minimum absolute atomic E-state index is 0. The number of aromatic nitrogens is 1. The van der Waals surface area contributed by atoms with Crippen LogP contribution in [-0.2, 0) is 0 Å². The van der Waals surface area contributed by atoms with Gasteiger partial charge in [0.1, 0.15) is 11.9 Å². The fraction of sp³-hybridized carbons (Fsp3) is 0. The van der Waals surface area contributed by atoms with E-state index in [0.717, 1.165) is 5.69 Å². The molecule has 3 nitrogen and oxygen atoms in total. The van der Waals surface area contributed by atoms with E-state index in [1.54, 1.807) is 24.3 Å². The van der Waals surface area contributed by atoms with E-state index in [4.69, 9.17) is 11.6 Å². The number of nitriles is 1. The van der Waals surface area contributed by atoms with Gasteiger partial charge in [-0.2, -0.15) is 5.26 Å². The van der Waals surface area contributed by atoms with E-state index in [-0.39, 0.29) is 18.2 Å². The molecule has 0 aliphatic carbocycles. The van der Waals surface area contributed by atoms with E-state index in [2.05, 4.69) is 16.4 Å². The molecule has 0 aliphatic heterocycles. The van der Waals surface area contributed by atoms with Gasteiger partial charge in [-0.15, -0.1) is 12.4 Å². The van der Waals surface area contributed by atoms with Crippen LogP contribution in [0.3, 0.4) is 0 Å². The minimum atomic E-state index is -0.381. The average Bonchev–Trinajstić information content (AvgIpc) is 2.48. The molecule has 2 aromatic carbocycles. The third kappa shape index (κ3) is 3.11. The zero-order valence-corrected chi connectivity index (χ0v) is 12.7. The Morgan fingerprint density at radius 3 is 2.73 bits per heavy atom. The Balaban J connectivity index is 0.00000176. The third-order valence-corrected chi connectivity index (χ3v) is 3.28. The van der Waals surface area contributed by atoms with Gasteiger partial charge in [-0.1, -0.05) is 17.7 Å². The highest BCUT2D eigenvalue weighted by Gasteiger charge is 2.10. The number of rotatable bonds is 2. The van der Waals surface area contributed by atoms with Crippen LogP contribution in [0.2, 0.25) is 5.02 Å². The Morgan fingerprint density at radius 1 is 1.18 bits per heavy atom. The van der Waals surface area contributed by atoms with Crippen molar-refractivity contribution >= 4 is 46.3 Å². The molecule has 0 aliphatic rings.